The maximum Gasteiger partial charge on any atom is 0.307 e. The minimum absolute atomic E-state index is 0.0734. The predicted molar refractivity (Wildman–Crippen MR) is 206 cm³/mol. The van der Waals surface area contributed by atoms with Crippen molar-refractivity contribution in [2.75, 3.05) is 26.2 Å². The normalized spacial score (nSPS) is 30.4. The Morgan fingerprint density at radius 2 is 1.38 bits per heavy atom. The summed E-state index contributed by atoms with van der Waals surface area (Å²) < 4.78 is 24.2. The van der Waals surface area contributed by atoms with Crippen LogP contribution in [0, 0.1) is 40.4 Å². The second-order valence-electron chi connectivity index (χ2n) is 17.0. The summed E-state index contributed by atoms with van der Waals surface area (Å²) in [5, 5.41) is 0. The summed E-state index contributed by atoms with van der Waals surface area (Å²) in [6.45, 7) is 12.3. The molecule has 0 aromatic rings. The molecule has 3 fully saturated rings. The second kappa shape index (κ2) is 22.3. The van der Waals surface area contributed by atoms with E-state index in [1.165, 1.54) is 25.7 Å². The minimum atomic E-state index is -0.381. The average Bonchev–Trinajstić information content (AvgIpc) is 3.48. The van der Waals surface area contributed by atoms with Gasteiger partial charge < -0.3 is 36.1 Å². The van der Waals surface area contributed by atoms with E-state index in [1.54, 1.807) is 0 Å². The SMILES string of the molecule is CCCCCCCCOC(=O)CC[C@@H](C)[C@H]1CC[C@H]2C3[C@H](OC(=O)CCN)CC[C@](C)(CC[C@H](CC)OC(=O)CCN)[C@H]3C[C@H](OC(=O)CCN)[C@]12C. The van der Waals surface area contributed by atoms with E-state index in [9.17, 15) is 19.2 Å². The molecule has 0 aromatic carbocycles. The molecule has 3 rings (SSSR count). The number of ether oxygens (including phenoxy) is 4. The fourth-order valence-electron chi connectivity index (χ4n) is 10.5. The van der Waals surface area contributed by atoms with Crippen LogP contribution < -0.4 is 17.2 Å². The molecular weight excluding hydrogens is 674 g/mol. The van der Waals surface area contributed by atoms with Crippen molar-refractivity contribution in [3.63, 3.8) is 0 Å². The number of nitrogens with two attached hydrogens (primary N) is 3. The first-order valence-electron chi connectivity index (χ1n) is 21.2. The van der Waals surface area contributed by atoms with Gasteiger partial charge in [0.05, 0.1) is 25.9 Å². The molecule has 11 heteroatoms. The highest BCUT2D eigenvalue weighted by atomic mass is 16.6. The molecule has 6 N–H and O–H groups in total. The van der Waals surface area contributed by atoms with Gasteiger partial charge in [-0.2, -0.15) is 0 Å². The van der Waals surface area contributed by atoms with Gasteiger partial charge in [-0.3, -0.25) is 19.2 Å². The van der Waals surface area contributed by atoms with Crippen molar-refractivity contribution < 1.29 is 38.1 Å². The van der Waals surface area contributed by atoms with Gasteiger partial charge in [0.25, 0.3) is 0 Å². The number of esters is 4. The van der Waals surface area contributed by atoms with Crippen LogP contribution in [0.3, 0.4) is 0 Å². The predicted octanol–water partition coefficient (Wildman–Crippen LogP) is 6.75. The van der Waals surface area contributed by atoms with E-state index < -0.39 is 0 Å². The zero-order chi connectivity index (χ0) is 39.0. The van der Waals surface area contributed by atoms with Crippen LogP contribution in [-0.2, 0) is 38.1 Å². The van der Waals surface area contributed by atoms with Crippen LogP contribution in [0.4, 0.5) is 0 Å². The molecule has 0 spiro atoms. The molecule has 3 aliphatic carbocycles. The van der Waals surface area contributed by atoms with Crippen molar-refractivity contribution in [2.45, 2.75) is 175 Å². The van der Waals surface area contributed by atoms with Gasteiger partial charge >= 0.3 is 23.9 Å². The lowest BCUT2D eigenvalue weighted by atomic mass is 9.46. The maximum atomic E-state index is 13.2. The maximum absolute atomic E-state index is 13.2. The molecule has 0 heterocycles. The molecule has 0 saturated heterocycles. The largest absolute Gasteiger partial charge is 0.466 e. The fraction of sp³-hybridized carbons (Fsp3) is 0.905. The van der Waals surface area contributed by atoms with Crippen LogP contribution in [0.1, 0.15) is 157 Å². The van der Waals surface area contributed by atoms with Gasteiger partial charge in [0, 0.05) is 37.4 Å². The van der Waals surface area contributed by atoms with Gasteiger partial charge in [-0.15, -0.1) is 0 Å². The molecular formula is C42H75N3O8. The van der Waals surface area contributed by atoms with E-state index in [0.29, 0.717) is 32.3 Å². The Morgan fingerprint density at radius 1 is 0.736 bits per heavy atom. The number of carbonyl (C=O) groups is 4. The first kappa shape index (κ1) is 45.2. The van der Waals surface area contributed by atoms with Crippen LogP contribution in [0.5, 0.6) is 0 Å². The summed E-state index contributed by atoms with van der Waals surface area (Å²) in [5.74, 6) is -0.232. The van der Waals surface area contributed by atoms with E-state index in [4.69, 9.17) is 36.1 Å². The molecule has 0 amide bonds. The number of rotatable bonds is 24. The molecule has 0 bridgehead atoms. The number of fused-ring (bicyclic) bond motifs is 3. The van der Waals surface area contributed by atoms with Gasteiger partial charge in [-0.1, -0.05) is 66.7 Å². The van der Waals surface area contributed by atoms with Gasteiger partial charge in [-0.25, -0.2) is 0 Å². The van der Waals surface area contributed by atoms with Gasteiger partial charge in [0.15, 0.2) is 0 Å². The molecule has 0 radical (unpaired) electrons. The number of carbonyl (C=O) groups excluding carboxylic acids is 4. The third-order valence-electron chi connectivity index (χ3n) is 13.4. The topological polar surface area (TPSA) is 183 Å². The van der Waals surface area contributed by atoms with Crippen molar-refractivity contribution in [1.29, 1.82) is 0 Å². The Bertz CT molecular complexity index is 1150. The first-order valence-corrected chi connectivity index (χ1v) is 21.2. The number of unbranched alkanes of at least 4 members (excludes halogenated alkanes) is 5. The fourth-order valence-corrected chi connectivity index (χ4v) is 10.5. The lowest BCUT2D eigenvalue weighted by Crippen LogP contribution is -2.60. The van der Waals surface area contributed by atoms with E-state index in [0.717, 1.165) is 51.4 Å². The molecule has 3 aliphatic rings. The van der Waals surface area contributed by atoms with E-state index >= 15 is 0 Å². The average molecular weight is 750 g/mol. The van der Waals surface area contributed by atoms with Crippen LogP contribution in [0.25, 0.3) is 0 Å². The zero-order valence-electron chi connectivity index (χ0n) is 33.9. The smallest absolute Gasteiger partial charge is 0.307 e. The Kier molecular flexibility index (Phi) is 19.0. The van der Waals surface area contributed by atoms with Crippen molar-refractivity contribution in [3.05, 3.63) is 0 Å². The van der Waals surface area contributed by atoms with Crippen molar-refractivity contribution >= 4 is 23.9 Å². The van der Waals surface area contributed by atoms with Crippen molar-refractivity contribution in [1.82, 2.24) is 0 Å². The van der Waals surface area contributed by atoms with Crippen LogP contribution in [0.15, 0.2) is 0 Å². The van der Waals surface area contributed by atoms with Crippen molar-refractivity contribution in [2.24, 2.45) is 57.6 Å². The van der Waals surface area contributed by atoms with Crippen molar-refractivity contribution in [3.8, 4) is 0 Å². The highest BCUT2D eigenvalue weighted by Crippen LogP contribution is 2.67. The molecule has 0 aromatic heterocycles. The highest BCUT2D eigenvalue weighted by molar-refractivity contribution is 5.71. The summed E-state index contributed by atoms with van der Waals surface area (Å²) >= 11 is 0. The van der Waals surface area contributed by atoms with E-state index in [-0.39, 0.29) is 122 Å². The Labute approximate surface area is 320 Å². The molecule has 1 unspecified atom stereocenters. The molecule has 11 nitrogen and oxygen atoms in total. The third kappa shape index (κ3) is 12.4. The summed E-state index contributed by atoms with van der Waals surface area (Å²) in [6, 6.07) is 0. The van der Waals surface area contributed by atoms with Crippen LogP contribution in [-0.4, -0.2) is 68.4 Å². The van der Waals surface area contributed by atoms with Crippen LogP contribution >= 0.6 is 0 Å². The summed E-state index contributed by atoms with van der Waals surface area (Å²) in [6.07, 6.45) is 14.0. The number of hydrogen-bond donors (Lipinski definition) is 3. The second-order valence-corrected chi connectivity index (χ2v) is 17.0. The Balaban J connectivity index is 1.86. The molecule has 53 heavy (non-hydrogen) atoms. The molecule has 10 atom stereocenters. The Hall–Kier alpha value is -2.24. The lowest BCUT2D eigenvalue weighted by molar-refractivity contribution is -0.208. The monoisotopic (exact) mass is 750 g/mol. The van der Waals surface area contributed by atoms with Crippen LogP contribution in [0.2, 0.25) is 0 Å². The standard InChI is InChI=1S/C42H75N3O8/c1-6-8-9-10-11-12-27-50-36(46)16-13-29(3)31-14-15-32-40-33(28-35(42(31,32)5)53-39(49)21-26-45)41(4,23-18-34(40)52-38(48)20-25-44)22-17-30(7-2)51-37(47)19-24-43/h29-35,40H,6-28,43-45H2,1-5H3/t29-,30+,31-,32+,33+,34-,35+,40?,41+,42-/m1/s1. The number of hydrogen-bond acceptors (Lipinski definition) is 11. The van der Waals surface area contributed by atoms with Gasteiger partial charge in [0.1, 0.15) is 18.3 Å². The van der Waals surface area contributed by atoms with E-state index in [2.05, 4.69) is 27.7 Å². The lowest BCUT2D eigenvalue weighted by Gasteiger charge is -2.61. The minimum Gasteiger partial charge on any atom is -0.466 e. The molecule has 0 aliphatic heterocycles. The highest BCUT2D eigenvalue weighted by Gasteiger charge is 2.65. The molecule has 306 valence electrons. The van der Waals surface area contributed by atoms with Gasteiger partial charge in [0.2, 0.25) is 0 Å². The summed E-state index contributed by atoms with van der Waals surface area (Å²) in [7, 11) is 0. The molecule has 3 saturated carbocycles. The quantitative estimate of drug-likeness (QED) is 0.0539. The first-order chi connectivity index (χ1) is 25.4. The third-order valence-corrected chi connectivity index (χ3v) is 13.4. The summed E-state index contributed by atoms with van der Waals surface area (Å²) in [4.78, 5) is 51.4. The zero-order valence-corrected chi connectivity index (χ0v) is 33.9. The van der Waals surface area contributed by atoms with Gasteiger partial charge in [-0.05, 0) is 93.3 Å². The Morgan fingerprint density at radius 3 is 2.04 bits per heavy atom. The van der Waals surface area contributed by atoms with E-state index in [1.807, 2.05) is 6.92 Å². The summed E-state index contributed by atoms with van der Waals surface area (Å²) in [5.41, 5.74) is 16.7.